The summed E-state index contributed by atoms with van der Waals surface area (Å²) in [4.78, 5) is 6.51. The maximum Gasteiger partial charge on any atom is 0.132 e. The highest BCUT2D eigenvalue weighted by molar-refractivity contribution is 6.29. The zero-order valence-electron chi connectivity index (χ0n) is 11.2. The molecule has 0 atom stereocenters. The Balaban J connectivity index is 2.10. The van der Waals surface area contributed by atoms with Crippen molar-refractivity contribution >= 4 is 28.8 Å². The number of nitrogens with one attached hydrogen (secondary N) is 1. The maximum absolute atomic E-state index is 5.86. The van der Waals surface area contributed by atoms with Crippen molar-refractivity contribution in [2.75, 3.05) is 23.3 Å². The van der Waals surface area contributed by atoms with Crippen LogP contribution in [-0.2, 0) is 0 Å². The van der Waals surface area contributed by atoms with E-state index in [0.717, 1.165) is 24.6 Å². The van der Waals surface area contributed by atoms with E-state index < -0.39 is 0 Å². The molecule has 0 radical (unpaired) electrons. The smallest absolute Gasteiger partial charge is 0.132 e. The Morgan fingerprint density at radius 1 is 1.05 bits per heavy atom. The van der Waals surface area contributed by atoms with Gasteiger partial charge in [0.15, 0.2) is 0 Å². The van der Waals surface area contributed by atoms with Gasteiger partial charge in [0, 0.05) is 24.5 Å². The Hall–Kier alpha value is -1.74. The number of anilines is 3. The van der Waals surface area contributed by atoms with Crippen LogP contribution in [0.25, 0.3) is 0 Å². The molecule has 0 saturated carbocycles. The molecule has 0 bridgehead atoms. The highest BCUT2D eigenvalue weighted by Crippen LogP contribution is 2.20. The van der Waals surface area contributed by atoms with Crippen molar-refractivity contribution in [2.45, 2.75) is 13.8 Å². The van der Waals surface area contributed by atoms with Crippen LogP contribution < -0.4 is 10.2 Å². The molecule has 0 unspecified atom stereocenters. The molecule has 4 heteroatoms. The minimum atomic E-state index is 0.491. The third-order valence-electron chi connectivity index (χ3n) is 2.98. The van der Waals surface area contributed by atoms with E-state index in [4.69, 9.17) is 11.6 Å². The van der Waals surface area contributed by atoms with Crippen molar-refractivity contribution < 1.29 is 0 Å². The number of halogens is 1. The highest BCUT2D eigenvalue weighted by Gasteiger charge is 2.02. The number of rotatable bonds is 5. The summed E-state index contributed by atoms with van der Waals surface area (Å²) in [6.07, 6.45) is 0. The van der Waals surface area contributed by atoms with Gasteiger partial charge in [-0.25, -0.2) is 4.98 Å². The molecule has 0 fully saturated rings. The van der Waals surface area contributed by atoms with Gasteiger partial charge in [0.2, 0.25) is 0 Å². The second-order valence-electron chi connectivity index (χ2n) is 4.19. The van der Waals surface area contributed by atoms with Gasteiger partial charge < -0.3 is 10.2 Å². The molecule has 0 amide bonds. The molecule has 100 valence electrons. The van der Waals surface area contributed by atoms with Gasteiger partial charge in [0.1, 0.15) is 11.0 Å². The summed E-state index contributed by atoms with van der Waals surface area (Å²) in [6, 6.07) is 13.9. The molecular weight excluding hydrogens is 258 g/mol. The van der Waals surface area contributed by atoms with E-state index in [1.807, 2.05) is 12.1 Å². The van der Waals surface area contributed by atoms with Crippen LogP contribution in [0.15, 0.2) is 42.5 Å². The first-order valence-corrected chi connectivity index (χ1v) is 6.85. The Labute approximate surface area is 119 Å². The average Bonchev–Trinajstić information content (AvgIpc) is 2.42. The van der Waals surface area contributed by atoms with E-state index in [9.17, 15) is 0 Å². The zero-order valence-corrected chi connectivity index (χ0v) is 12.0. The quantitative estimate of drug-likeness (QED) is 0.824. The van der Waals surface area contributed by atoms with Crippen molar-refractivity contribution in [3.05, 3.63) is 47.6 Å². The molecule has 1 aromatic heterocycles. The van der Waals surface area contributed by atoms with Crippen molar-refractivity contribution in [2.24, 2.45) is 0 Å². The molecule has 0 aliphatic carbocycles. The summed E-state index contributed by atoms with van der Waals surface area (Å²) in [6.45, 7) is 6.34. The minimum Gasteiger partial charge on any atom is -0.372 e. The molecule has 19 heavy (non-hydrogen) atoms. The zero-order chi connectivity index (χ0) is 13.7. The standard InChI is InChI=1S/C15H18ClN3/c1-3-19(4-2)13-10-8-12(9-11-13)17-15-7-5-6-14(16)18-15/h5-11H,3-4H2,1-2H3,(H,17,18). The van der Waals surface area contributed by atoms with Crippen LogP contribution in [0.5, 0.6) is 0 Å². The van der Waals surface area contributed by atoms with E-state index in [1.165, 1.54) is 5.69 Å². The van der Waals surface area contributed by atoms with E-state index in [2.05, 4.69) is 53.3 Å². The van der Waals surface area contributed by atoms with Crippen molar-refractivity contribution in [1.29, 1.82) is 0 Å². The van der Waals surface area contributed by atoms with Gasteiger partial charge in [-0.2, -0.15) is 0 Å². The Morgan fingerprint density at radius 2 is 1.74 bits per heavy atom. The van der Waals surface area contributed by atoms with Crippen LogP contribution in [0.4, 0.5) is 17.2 Å². The van der Waals surface area contributed by atoms with Gasteiger partial charge in [-0.1, -0.05) is 17.7 Å². The Bertz CT molecular complexity index is 521. The fourth-order valence-electron chi connectivity index (χ4n) is 1.97. The van der Waals surface area contributed by atoms with Gasteiger partial charge >= 0.3 is 0 Å². The minimum absolute atomic E-state index is 0.491. The molecule has 1 N–H and O–H groups in total. The SMILES string of the molecule is CCN(CC)c1ccc(Nc2cccc(Cl)n2)cc1. The van der Waals surface area contributed by atoms with Gasteiger partial charge in [-0.15, -0.1) is 0 Å². The lowest BCUT2D eigenvalue weighted by molar-refractivity contribution is 0.866. The summed E-state index contributed by atoms with van der Waals surface area (Å²) in [5, 5.41) is 3.72. The van der Waals surface area contributed by atoms with Crippen LogP contribution in [-0.4, -0.2) is 18.1 Å². The highest BCUT2D eigenvalue weighted by atomic mass is 35.5. The first-order chi connectivity index (χ1) is 9.22. The van der Waals surface area contributed by atoms with Gasteiger partial charge in [-0.05, 0) is 50.2 Å². The van der Waals surface area contributed by atoms with Crippen LogP contribution in [0, 0.1) is 0 Å². The molecule has 0 spiro atoms. The lowest BCUT2D eigenvalue weighted by Gasteiger charge is -2.21. The predicted molar refractivity (Wildman–Crippen MR) is 82.5 cm³/mol. The third-order valence-corrected chi connectivity index (χ3v) is 3.19. The second-order valence-corrected chi connectivity index (χ2v) is 4.58. The molecular formula is C15H18ClN3. The van der Waals surface area contributed by atoms with Gasteiger partial charge in [-0.3, -0.25) is 0 Å². The number of benzene rings is 1. The van der Waals surface area contributed by atoms with Crippen LogP contribution in [0.2, 0.25) is 5.15 Å². The molecule has 0 aliphatic rings. The number of nitrogens with zero attached hydrogens (tertiary/aromatic N) is 2. The summed E-state index contributed by atoms with van der Waals surface area (Å²) >= 11 is 5.86. The van der Waals surface area contributed by atoms with E-state index in [1.54, 1.807) is 6.07 Å². The summed E-state index contributed by atoms with van der Waals surface area (Å²) in [5.41, 5.74) is 2.24. The fourth-order valence-corrected chi connectivity index (χ4v) is 2.13. The monoisotopic (exact) mass is 275 g/mol. The lowest BCUT2D eigenvalue weighted by atomic mass is 10.2. The van der Waals surface area contributed by atoms with Crippen LogP contribution in [0.1, 0.15) is 13.8 Å². The molecule has 2 rings (SSSR count). The fraction of sp³-hybridized carbons (Fsp3) is 0.267. The third kappa shape index (κ3) is 3.61. The number of aromatic nitrogens is 1. The molecule has 1 aromatic carbocycles. The predicted octanol–water partition coefficient (Wildman–Crippen LogP) is 4.32. The van der Waals surface area contributed by atoms with Gasteiger partial charge in [0.05, 0.1) is 0 Å². The number of hydrogen-bond acceptors (Lipinski definition) is 3. The first kappa shape index (κ1) is 13.7. The maximum atomic E-state index is 5.86. The van der Waals surface area contributed by atoms with E-state index in [-0.39, 0.29) is 0 Å². The molecule has 0 saturated heterocycles. The van der Waals surface area contributed by atoms with Crippen LogP contribution >= 0.6 is 11.6 Å². The Morgan fingerprint density at radius 3 is 2.32 bits per heavy atom. The normalized spacial score (nSPS) is 10.3. The average molecular weight is 276 g/mol. The Kier molecular flexibility index (Phi) is 4.63. The van der Waals surface area contributed by atoms with Crippen molar-refractivity contribution in [3.8, 4) is 0 Å². The van der Waals surface area contributed by atoms with Crippen molar-refractivity contribution in [3.63, 3.8) is 0 Å². The van der Waals surface area contributed by atoms with E-state index >= 15 is 0 Å². The molecule has 2 aromatic rings. The lowest BCUT2D eigenvalue weighted by Crippen LogP contribution is -2.21. The number of pyridine rings is 1. The summed E-state index contributed by atoms with van der Waals surface area (Å²) in [5.74, 6) is 0.753. The summed E-state index contributed by atoms with van der Waals surface area (Å²) < 4.78 is 0. The second kappa shape index (κ2) is 6.43. The van der Waals surface area contributed by atoms with Gasteiger partial charge in [0.25, 0.3) is 0 Å². The topological polar surface area (TPSA) is 28.2 Å². The van der Waals surface area contributed by atoms with Crippen LogP contribution in [0.3, 0.4) is 0 Å². The summed E-state index contributed by atoms with van der Waals surface area (Å²) in [7, 11) is 0. The van der Waals surface area contributed by atoms with E-state index in [0.29, 0.717) is 5.15 Å². The molecule has 0 aliphatic heterocycles. The number of hydrogen-bond donors (Lipinski definition) is 1. The first-order valence-electron chi connectivity index (χ1n) is 6.47. The molecule has 3 nitrogen and oxygen atoms in total. The van der Waals surface area contributed by atoms with Crippen molar-refractivity contribution in [1.82, 2.24) is 4.98 Å². The molecule has 1 heterocycles. The largest absolute Gasteiger partial charge is 0.372 e.